The van der Waals surface area contributed by atoms with Gasteiger partial charge in [0.05, 0.1) is 13.7 Å². The molecule has 158 valence electrons. The molecule has 0 aliphatic rings. The quantitative estimate of drug-likeness (QED) is 0.352. The molecule has 3 aromatic rings. The molecular formula is C22H26FN5O2. The lowest BCUT2D eigenvalue weighted by atomic mass is 10.1. The fourth-order valence-corrected chi connectivity index (χ4v) is 3.05. The predicted molar refractivity (Wildman–Crippen MR) is 117 cm³/mol. The summed E-state index contributed by atoms with van der Waals surface area (Å²) in [5, 5.41) is 10.0. The Hall–Kier alpha value is -3.55. The highest BCUT2D eigenvalue weighted by molar-refractivity contribution is 5.84. The normalized spacial score (nSPS) is 11.4. The van der Waals surface area contributed by atoms with Crippen LogP contribution in [-0.2, 0) is 17.7 Å². The number of H-pyrrole nitrogens is 1. The van der Waals surface area contributed by atoms with Gasteiger partial charge in [0.2, 0.25) is 0 Å². The lowest BCUT2D eigenvalue weighted by molar-refractivity contribution is 0.187. The lowest BCUT2D eigenvalue weighted by Gasteiger charge is -2.11. The number of amides is 1. The Bertz CT molecular complexity index is 1010. The predicted octanol–water partition coefficient (Wildman–Crippen LogP) is 3.78. The minimum absolute atomic E-state index is 0.237. The number of anilines is 1. The number of hydrogen-bond acceptors (Lipinski definition) is 3. The number of aromatic amines is 1. The third-order valence-electron chi connectivity index (χ3n) is 4.57. The van der Waals surface area contributed by atoms with Crippen LogP contribution in [-0.4, -0.2) is 37.2 Å². The van der Waals surface area contributed by atoms with E-state index in [4.69, 9.17) is 0 Å². The van der Waals surface area contributed by atoms with Gasteiger partial charge in [0.25, 0.3) is 0 Å². The molecule has 0 saturated heterocycles. The lowest BCUT2D eigenvalue weighted by Crippen LogP contribution is -2.38. The molecule has 3 rings (SSSR count). The molecule has 0 unspecified atom stereocenters. The summed E-state index contributed by atoms with van der Waals surface area (Å²) in [6, 6.07) is 12.2. The van der Waals surface area contributed by atoms with E-state index in [1.165, 1.54) is 13.2 Å². The van der Waals surface area contributed by atoms with E-state index in [0.29, 0.717) is 24.7 Å². The van der Waals surface area contributed by atoms with Crippen LogP contribution in [0, 0.1) is 5.82 Å². The second-order valence-corrected chi connectivity index (χ2v) is 6.69. The van der Waals surface area contributed by atoms with Crippen LogP contribution in [0.2, 0.25) is 0 Å². The zero-order chi connectivity index (χ0) is 21.3. The van der Waals surface area contributed by atoms with Crippen molar-refractivity contribution in [2.75, 3.05) is 25.5 Å². The van der Waals surface area contributed by atoms with Crippen LogP contribution in [0.4, 0.5) is 14.9 Å². The van der Waals surface area contributed by atoms with Gasteiger partial charge in [-0.05, 0) is 54.8 Å². The Kier molecular flexibility index (Phi) is 7.26. The summed E-state index contributed by atoms with van der Waals surface area (Å²) < 4.78 is 18.1. The highest BCUT2D eigenvalue weighted by atomic mass is 19.1. The average Bonchev–Trinajstić information content (AvgIpc) is 3.15. The number of fused-ring (bicyclic) bond motifs is 1. The van der Waals surface area contributed by atoms with E-state index in [-0.39, 0.29) is 5.82 Å². The van der Waals surface area contributed by atoms with Gasteiger partial charge in [-0.25, -0.2) is 14.2 Å². The molecule has 0 bridgehead atoms. The number of carbonyl (C=O) groups excluding carboxylic acids is 1. The summed E-state index contributed by atoms with van der Waals surface area (Å²) in [6.07, 6.45) is 2.15. The van der Waals surface area contributed by atoms with Crippen molar-refractivity contribution in [3.05, 3.63) is 65.6 Å². The first-order chi connectivity index (χ1) is 14.6. The van der Waals surface area contributed by atoms with Crippen molar-refractivity contribution < 1.29 is 13.9 Å². The number of rotatable bonds is 7. The number of nitrogens with zero attached hydrogens (tertiary/aromatic N) is 1. The molecule has 30 heavy (non-hydrogen) atoms. The second-order valence-electron chi connectivity index (χ2n) is 6.69. The third-order valence-corrected chi connectivity index (χ3v) is 4.57. The summed E-state index contributed by atoms with van der Waals surface area (Å²) in [7, 11) is 1.32. The first kappa shape index (κ1) is 21.2. The molecule has 0 aliphatic carbocycles. The molecule has 8 heteroatoms. The minimum Gasteiger partial charge on any atom is -0.453 e. The monoisotopic (exact) mass is 411 g/mol. The SMILES string of the molecule is CCNC(=NCc1ccc(NC(=O)OC)cc1)NCCc1c[nH]c2ccc(F)cc12. The van der Waals surface area contributed by atoms with Crippen molar-refractivity contribution in [3.8, 4) is 0 Å². The van der Waals surface area contributed by atoms with E-state index < -0.39 is 6.09 Å². The summed E-state index contributed by atoms with van der Waals surface area (Å²) in [5.74, 6) is 0.472. The standard InChI is InChI=1S/C22H26FN5O2/c1-3-24-21(27-13-15-4-7-18(8-5-15)28-22(29)30-2)25-11-10-16-14-26-20-9-6-17(23)12-19(16)20/h4-9,12,14,26H,3,10-11,13H2,1-2H3,(H,28,29)(H2,24,25,27). The number of carbonyl (C=O) groups is 1. The van der Waals surface area contributed by atoms with E-state index in [0.717, 1.165) is 35.0 Å². The van der Waals surface area contributed by atoms with Gasteiger partial charge in [0.1, 0.15) is 5.82 Å². The Morgan fingerprint density at radius 3 is 2.70 bits per heavy atom. The fourth-order valence-electron chi connectivity index (χ4n) is 3.05. The molecule has 0 spiro atoms. The van der Waals surface area contributed by atoms with Crippen LogP contribution in [0.3, 0.4) is 0 Å². The third kappa shape index (κ3) is 5.73. The summed E-state index contributed by atoms with van der Waals surface area (Å²) in [5.41, 5.74) is 3.66. The van der Waals surface area contributed by atoms with Crippen molar-refractivity contribution >= 4 is 28.6 Å². The van der Waals surface area contributed by atoms with Crippen molar-refractivity contribution in [3.63, 3.8) is 0 Å². The highest BCUT2D eigenvalue weighted by Crippen LogP contribution is 2.19. The Balaban J connectivity index is 1.56. The molecule has 0 atom stereocenters. The van der Waals surface area contributed by atoms with Gasteiger partial charge in [-0.3, -0.25) is 5.32 Å². The van der Waals surface area contributed by atoms with Crippen molar-refractivity contribution in [2.45, 2.75) is 19.9 Å². The number of nitrogens with one attached hydrogen (secondary N) is 4. The first-order valence-electron chi connectivity index (χ1n) is 9.80. The van der Waals surface area contributed by atoms with E-state index in [1.807, 2.05) is 25.3 Å². The topological polar surface area (TPSA) is 90.5 Å². The first-order valence-corrected chi connectivity index (χ1v) is 9.80. The maximum atomic E-state index is 13.5. The van der Waals surface area contributed by atoms with Gasteiger partial charge in [0, 0.05) is 35.9 Å². The molecule has 0 radical (unpaired) electrons. The molecule has 1 aromatic heterocycles. The minimum atomic E-state index is -0.502. The number of methoxy groups -OCH3 is 1. The summed E-state index contributed by atoms with van der Waals surface area (Å²) in [4.78, 5) is 19.0. The van der Waals surface area contributed by atoms with Crippen molar-refractivity contribution in [1.29, 1.82) is 0 Å². The van der Waals surface area contributed by atoms with E-state index >= 15 is 0 Å². The van der Waals surface area contributed by atoms with Crippen molar-refractivity contribution in [2.24, 2.45) is 4.99 Å². The zero-order valence-corrected chi connectivity index (χ0v) is 17.1. The molecule has 2 aromatic carbocycles. The number of guanidine groups is 1. The van der Waals surface area contributed by atoms with E-state index in [2.05, 4.69) is 30.7 Å². The van der Waals surface area contributed by atoms with E-state index in [1.54, 1.807) is 24.3 Å². The molecule has 1 amide bonds. The van der Waals surface area contributed by atoms with Crippen LogP contribution >= 0.6 is 0 Å². The van der Waals surface area contributed by atoms with Crippen LogP contribution in [0.15, 0.2) is 53.7 Å². The Morgan fingerprint density at radius 1 is 1.17 bits per heavy atom. The van der Waals surface area contributed by atoms with Gasteiger partial charge in [-0.2, -0.15) is 0 Å². The Labute approximate surface area is 174 Å². The highest BCUT2D eigenvalue weighted by Gasteiger charge is 2.06. The number of hydrogen-bond donors (Lipinski definition) is 4. The maximum Gasteiger partial charge on any atom is 0.411 e. The Morgan fingerprint density at radius 2 is 1.97 bits per heavy atom. The molecule has 0 saturated carbocycles. The van der Waals surface area contributed by atoms with Gasteiger partial charge in [0.15, 0.2) is 5.96 Å². The molecular weight excluding hydrogens is 385 g/mol. The number of halogens is 1. The smallest absolute Gasteiger partial charge is 0.411 e. The largest absolute Gasteiger partial charge is 0.453 e. The van der Waals surface area contributed by atoms with Crippen molar-refractivity contribution in [1.82, 2.24) is 15.6 Å². The molecule has 1 heterocycles. The zero-order valence-electron chi connectivity index (χ0n) is 17.1. The molecule has 0 aliphatic heterocycles. The average molecular weight is 411 g/mol. The van der Waals surface area contributed by atoms with Crippen LogP contribution in [0.1, 0.15) is 18.1 Å². The number of aliphatic imine (C=N–C) groups is 1. The molecule has 7 nitrogen and oxygen atoms in total. The van der Waals surface area contributed by atoms with Crippen LogP contribution in [0.5, 0.6) is 0 Å². The van der Waals surface area contributed by atoms with Crippen LogP contribution in [0.25, 0.3) is 10.9 Å². The van der Waals surface area contributed by atoms with E-state index in [9.17, 15) is 9.18 Å². The number of benzene rings is 2. The maximum absolute atomic E-state index is 13.5. The number of ether oxygens (including phenoxy) is 1. The number of aromatic nitrogens is 1. The van der Waals surface area contributed by atoms with Gasteiger partial charge < -0.3 is 20.4 Å². The molecule has 0 fully saturated rings. The summed E-state index contributed by atoms with van der Waals surface area (Å²) in [6.45, 7) is 3.91. The van der Waals surface area contributed by atoms with Gasteiger partial charge >= 0.3 is 6.09 Å². The second kappa shape index (κ2) is 10.3. The van der Waals surface area contributed by atoms with Crippen LogP contribution < -0.4 is 16.0 Å². The van der Waals surface area contributed by atoms with Gasteiger partial charge in [-0.1, -0.05) is 12.1 Å². The molecule has 4 N–H and O–H groups in total. The van der Waals surface area contributed by atoms with Gasteiger partial charge in [-0.15, -0.1) is 0 Å². The summed E-state index contributed by atoms with van der Waals surface area (Å²) >= 11 is 0. The fraction of sp³-hybridized carbons (Fsp3) is 0.273.